The second-order valence-corrected chi connectivity index (χ2v) is 8.59. The number of hydrogen-bond donors (Lipinski definition) is 4. The van der Waals surface area contributed by atoms with E-state index in [1.807, 2.05) is 30.3 Å². The quantitative estimate of drug-likeness (QED) is 0.399. The number of carbonyl (C=O) groups is 2. The number of hydrogen-bond acceptors (Lipinski definition) is 6. The second-order valence-electron chi connectivity index (χ2n) is 5.72. The van der Waals surface area contributed by atoms with E-state index in [4.69, 9.17) is 14.0 Å². The van der Waals surface area contributed by atoms with E-state index in [-0.39, 0.29) is 17.8 Å². The van der Waals surface area contributed by atoms with E-state index in [0.717, 1.165) is 5.56 Å². The number of thiol groups is 2. The van der Waals surface area contributed by atoms with E-state index < -0.39 is 20.3 Å². The predicted molar refractivity (Wildman–Crippen MR) is 133 cm³/mol. The van der Waals surface area contributed by atoms with E-state index in [0.29, 0.717) is 22.9 Å². The number of sulfone groups is 1. The van der Waals surface area contributed by atoms with Crippen LogP contribution in [0.3, 0.4) is 0 Å². The van der Waals surface area contributed by atoms with Crippen molar-refractivity contribution in [1.82, 2.24) is 4.98 Å². The van der Waals surface area contributed by atoms with Gasteiger partial charge in [0.1, 0.15) is 5.69 Å². The first-order valence-electron chi connectivity index (χ1n) is 8.22. The first kappa shape index (κ1) is 31.4. The molecule has 9 nitrogen and oxygen atoms in total. The SMILES string of the molecule is C.Cc1nc(-c2ccccc2S(C)(=O)=O)c(-c2ccccc2)o1.NC(=O)S.NC(=O)S.O. The second kappa shape index (κ2) is 14.3. The van der Waals surface area contributed by atoms with Crippen LogP contribution in [0.15, 0.2) is 63.9 Å². The van der Waals surface area contributed by atoms with Crippen LogP contribution < -0.4 is 11.5 Å². The number of aryl methyl sites for hydroxylation is 1. The number of amides is 2. The van der Waals surface area contributed by atoms with Crippen LogP contribution >= 0.6 is 25.3 Å². The third-order valence-corrected chi connectivity index (χ3v) is 4.47. The molecule has 0 saturated carbocycles. The zero-order valence-corrected chi connectivity index (χ0v) is 19.2. The van der Waals surface area contributed by atoms with Gasteiger partial charge in [-0.05, 0) is 6.07 Å². The van der Waals surface area contributed by atoms with Crippen LogP contribution in [-0.2, 0) is 9.84 Å². The molecule has 176 valence electrons. The summed E-state index contributed by atoms with van der Waals surface area (Å²) in [7, 11) is -3.35. The Bertz CT molecular complexity index is 1100. The van der Waals surface area contributed by atoms with E-state index in [2.05, 4.69) is 41.7 Å². The van der Waals surface area contributed by atoms with E-state index >= 15 is 0 Å². The van der Waals surface area contributed by atoms with E-state index in [1.165, 1.54) is 6.26 Å². The summed E-state index contributed by atoms with van der Waals surface area (Å²) >= 11 is 6.21. The van der Waals surface area contributed by atoms with Gasteiger partial charge < -0.3 is 21.4 Å². The van der Waals surface area contributed by atoms with Gasteiger partial charge in [-0.1, -0.05) is 81.2 Å². The van der Waals surface area contributed by atoms with E-state index in [9.17, 15) is 8.42 Å². The molecule has 0 radical (unpaired) electrons. The summed E-state index contributed by atoms with van der Waals surface area (Å²) in [6.45, 7) is 1.75. The maximum Gasteiger partial charge on any atom is 0.273 e. The predicted octanol–water partition coefficient (Wildman–Crippen LogP) is 3.52. The number of rotatable bonds is 3. The monoisotopic (exact) mass is 501 g/mol. The summed E-state index contributed by atoms with van der Waals surface area (Å²) in [6, 6.07) is 16.4. The van der Waals surface area contributed by atoms with Crippen LogP contribution in [0.5, 0.6) is 0 Å². The summed E-state index contributed by atoms with van der Waals surface area (Å²) < 4.78 is 29.8. The molecular weight excluding hydrogens is 474 g/mol. The average molecular weight is 502 g/mol. The van der Waals surface area contributed by atoms with Crippen molar-refractivity contribution in [3.05, 3.63) is 60.5 Å². The van der Waals surface area contributed by atoms with Crippen molar-refractivity contribution in [3.8, 4) is 22.6 Å². The summed E-state index contributed by atoms with van der Waals surface area (Å²) in [5.41, 5.74) is 10.6. The van der Waals surface area contributed by atoms with Gasteiger partial charge >= 0.3 is 0 Å². The first-order valence-corrected chi connectivity index (χ1v) is 11.0. The highest BCUT2D eigenvalue weighted by molar-refractivity contribution is 7.96. The van der Waals surface area contributed by atoms with Crippen molar-refractivity contribution in [2.24, 2.45) is 11.5 Å². The Balaban J connectivity index is 0. The zero-order valence-electron chi connectivity index (χ0n) is 16.6. The Labute approximate surface area is 198 Å². The zero-order chi connectivity index (χ0) is 22.9. The maximum atomic E-state index is 12.0. The Hall–Kier alpha value is -2.80. The molecule has 32 heavy (non-hydrogen) atoms. The number of carbonyl (C=O) groups excluding carboxylic acids is 2. The molecule has 0 bridgehead atoms. The van der Waals surface area contributed by atoms with Crippen LogP contribution in [0.25, 0.3) is 22.6 Å². The molecule has 0 aliphatic heterocycles. The molecule has 0 fully saturated rings. The highest BCUT2D eigenvalue weighted by atomic mass is 32.2. The van der Waals surface area contributed by atoms with Crippen molar-refractivity contribution >= 4 is 45.6 Å². The minimum atomic E-state index is -3.35. The fraction of sp³-hybridized carbons (Fsp3) is 0.150. The first-order chi connectivity index (χ1) is 13.9. The number of oxazole rings is 1. The van der Waals surface area contributed by atoms with Gasteiger partial charge in [0, 0.05) is 24.3 Å². The van der Waals surface area contributed by atoms with E-state index in [1.54, 1.807) is 31.2 Å². The normalized spacial score (nSPS) is 9.50. The number of aromatic nitrogens is 1. The highest BCUT2D eigenvalue weighted by Crippen LogP contribution is 2.35. The molecule has 6 N–H and O–H groups in total. The molecule has 3 rings (SSSR count). The fourth-order valence-corrected chi connectivity index (χ4v) is 3.27. The van der Waals surface area contributed by atoms with Gasteiger partial charge in [-0.15, -0.1) is 0 Å². The van der Waals surface area contributed by atoms with Gasteiger partial charge in [-0.2, -0.15) is 0 Å². The Morgan fingerprint density at radius 1 is 0.938 bits per heavy atom. The van der Waals surface area contributed by atoms with Crippen molar-refractivity contribution in [1.29, 1.82) is 0 Å². The van der Waals surface area contributed by atoms with Gasteiger partial charge in [0.05, 0.1) is 4.90 Å². The van der Waals surface area contributed by atoms with Crippen LogP contribution in [0, 0.1) is 6.92 Å². The number of nitrogens with zero attached hydrogens (tertiary/aromatic N) is 1. The van der Waals surface area contributed by atoms with Gasteiger partial charge in [0.25, 0.3) is 10.5 Å². The third kappa shape index (κ3) is 10.5. The third-order valence-electron chi connectivity index (χ3n) is 3.31. The summed E-state index contributed by atoms with van der Waals surface area (Å²) in [5, 5.41) is -1.28. The molecule has 1 heterocycles. The average Bonchev–Trinajstić information content (AvgIpc) is 3.02. The minimum absolute atomic E-state index is 0. The molecule has 1 aromatic heterocycles. The maximum absolute atomic E-state index is 12.0. The number of nitrogens with two attached hydrogens (primary N) is 2. The lowest BCUT2D eigenvalue weighted by Gasteiger charge is -2.07. The Morgan fingerprint density at radius 3 is 1.84 bits per heavy atom. The molecule has 12 heteroatoms. The van der Waals surface area contributed by atoms with Crippen molar-refractivity contribution in [3.63, 3.8) is 0 Å². The lowest BCUT2D eigenvalue weighted by molar-refractivity contribution is 0.266. The summed E-state index contributed by atoms with van der Waals surface area (Å²) in [4.78, 5) is 22.8. The van der Waals surface area contributed by atoms with Crippen LogP contribution in [-0.4, -0.2) is 35.6 Å². The number of primary amides is 2. The summed E-state index contributed by atoms with van der Waals surface area (Å²) in [6.07, 6.45) is 1.20. The van der Waals surface area contributed by atoms with Crippen molar-refractivity contribution in [2.45, 2.75) is 19.2 Å². The Morgan fingerprint density at radius 2 is 1.38 bits per heavy atom. The lowest BCUT2D eigenvalue weighted by atomic mass is 10.1. The molecule has 0 atom stereocenters. The van der Waals surface area contributed by atoms with Crippen LogP contribution in [0.1, 0.15) is 13.3 Å². The topological polar surface area (TPSA) is 178 Å². The van der Waals surface area contributed by atoms with Crippen LogP contribution in [0.2, 0.25) is 0 Å². The molecule has 0 aliphatic rings. The van der Waals surface area contributed by atoms with Gasteiger partial charge in [0.15, 0.2) is 21.5 Å². The van der Waals surface area contributed by atoms with Gasteiger partial charge in [-0.25, -0.2) is 13.4 Å². The molecular formula is C20H27N3O6S3. The summed E-state index contributed by atoms with van der Waals surface area (Å²) in [5.74, 6) is 1.08. The van der Waals surface area contributed by atoms with Crippen molar-refractivity contribution in [2.75, 3.05) is 6.26 Å². The molecule has 2 aromatic carbocycles. The van der Waals surface area contributed by atoms with Gasteiger partial charge in [-0.3, -0.25) is 9.59 Å². The molecule has 2 amide bonds. The fourth-order valence-electron chi connectivity index (χ4n) is 2.38. The smallest absolute Gasteiger partial charge is 0.273 e. The molecule has 0 unspecified atom stereocenters. The molecule has 3 aromatic rings. The highest BCUT2D eigenvalue weighted by Gasteiger charge is 2.21. The largest absolute Gasteiger partial charge is 0.440 e. The minimum Gasteiger partial charge on any atom is -0.440 e. The molecule has 0 aliphatic carbocycles. The van der Waals surface area contributed by atoms with Crippen molar-refractivity contribution < 1.29 is 27.9 Å². The molecule has 0 saturated heterocycles. The number of benzene rings is 2. The van der Waals surface area contributed by atoms with Gasteiger partial charge in [0.2, 0.25) is 0 Å². The molecule has 0 spiro atoms. The van der Waals surface area contributed by atoms with Crippen LogP contribution in [0.4, 0.5) is 9.59 Å². The Kier molecular flexibility index (Phi) is 14.0. The standard InChI is InChI=1S/C17H15NO3S.2CH3NOS.CH4.H2O/c1-12-18-16(17(21-12)13-8-4-3-5-9-13)14-10-6-7-11-15(14)22(2,19)20;2*2-1(3)4;;/h3-11H,1-2H3;2*(H3,2,3,4);1H4;1H2. The lowest BCUT2D eigenvalue weighted by Crippen LogP contribution is -2.00.